The number of aliphatic hydroxyl groups excluding tert-OH is 1. The van der Waals surface area contributed by atoms with E-state index in [9.17, 15) is 5.11 Å². The van der Waals surface area contributed by atoms with Crippen molar-refractivity contribution in [1.82, 2.24) is 4.90 Å². The zero-order valence-corrected chi connectivity index (χ0v) is 10.9. The molecule has 0 bridgehead atoms. The lowest BCUT2D eigenvalue weighted by atomic mass is 10.2. The fourth-order valence-electron chi connectivity index (χ4n) is 1.81. The van der Waals surface area contributed by atoms with Crippen LogP contribution in [0.1, 0.15) is 6.42 Å². The number of ether oxygens (including phenoxy) is 2. The second-order valence-electron chi connectivity index (χ2n) is 3.88. The van der Waals surface area contributed by atoms with Crippen molar-refractivity contribution in [2.24, 2.45) is 0 Å². The second-order valence-corrected chi connectivity index (χ2v) is 4.86. The monoisotopic (exact) mass is 249 g/mol. The van der Waals surface area contributed by atoms with Gasteiger partial charge >= 0.3 is 0 Å². The summed E-state index contributed by atoms with van der Waals surface area (Å²) >= 11 is 1.82. The van der Waals surface area contributed by atoms with Crippen molar-refractivity contribution in [3.63, 3.8) is 0 Å². The molecule has 0 unspecified atom stereocenters. The van der Waals surface area contributed by atoms with Crippen LogP contribution < -0.4 is 0 Å². The first-order valence-corrected chi connectivity index (χ1v) is 7.27. The first-order valence-electron chi connectivity index (χ1n) is 5.88. The molecule has 1 rings (SSSR count). The van der Waals surface area contributed by atoms with E-state index in [2.05, 4.69) is 11.2 Å². The number of rotatable bonds is 5. The Kier molecular flexibility index (Phi) is 8.23. The van der Waals surface area contributed by atoms with E-state index < -0.39 is 0 Å². The summed E-state index contributed by atoms with van der Waals surface area (Å²) in [4.78, 5) is 2.28. The highest BCUT2D eigenvalue weighted by Crippen LogP contribution is 2.08. The van der Waals surface area contributed by atoms with Crippen LogP contribution in [0, 0.1) is 0 Å². The predicted octanol–water partition coefficient (Wildman–Crippen LogP) is 0.449. The van der Waals surface area contributed by atoms with Crippen molar-refractivity contribution < 1.29 is 14.6 Å². The Hall–Kier alpha value is 0.190. The zero-order chi connectivity index (χ0) is 11.6. The molecule has 5 heteroatoms. The van der Waals surface area contributed by atoms with Crippen LogP contribution in [0.4, 0.5) is 0 Å². The van der Waals surface area contributed by atoms with Gasteiger partial charge in [0.1, 0.15) is 0 Å². The summed E-state index contributed by atoms with van der Waals surface area (Å²) in [6.07, 6.45) is 3.12. The smallest absolute Gasteiger partial charge is 0.0701 e. The average Bonchev–Trinajstić information content (AvgIpc) is 2.44. The number of aliphatic hydroxyl groups is 1. The lowest BCUT2D eigenvalue weighted by Gasteiger charge is -2.29. The van der Waals surface area contributed by atoms with Gasteiger partial charge in [0.2, 0.25) is 0 Å². The average molecular weight is 249 g/mol. The molecule has 1 heterocycles. The molecular weight excluding hydrogens is 226 g/mol. The molecule has 0 aromatic heterocycles. The standard InChI is InChI=1S/C11H23NO3S/c1-16-9-2-11(10-13)12-3-5-14-7-8-15-6-4-12/h11,13H,2-10H2,1H3/t11-/m0/s1. The molecular formula is C11H23NO3S. The number of nitrogens with zero attached hydrogens (tertiary/aromatic N) is 1. The van der Waals surface area contributed by atoms with Gasteiger partial charge in [0, 0.05) is 19.1 Å². The molecule has 16 heavy (non-hydrogen) atoms. The largest absolute Gasteiger partial charge is 0.395 e. The van der Waals surface area contributed by atoms with Crippen LogP contribution in [0.25, 0.3) is 0 Å². The summed E-state index contributed by atoms with van der Waals surface area (Å²) in [6.45, 7) is 4.84. The van der Waals surface area contributed by atoms with Crippen molar-refractivity contribution in [1.29, 1.82) is 0 Å². The summed E-state index contributed by atoms with van der Waals surface area (Å²) in [7, 11) is 0. The Balaban J connectivity index is 2.37. The summed E-state index contributed by atoms with van der Waals surface area (Å²) in [6, 6.07) is 0.248. The van der Waals surface area contributed by atoms with Crippen molar-refractivity contribution in [2.75, 3.05) is 58.1 Å². The maximum absolute atomic E-state index is 9.40. The molecule has 0 aromatic carbocycles. The predicted molar refractivity (Wildman–Crippen MR) is 67.1 cm³/mol. The molecule has 0 aliphatic carbocycles. The van der Waals surface area contributed by atoms with Crippen LogP contribution in [0.15, 0.2) is 0 Å². The molecule has 4 nitrogen and oxygen atoms in total. The molecule has 1 N–H and O–H groups in total. The summed E-state index contributed by atoms with van der Waals surface area (Å²) < 4.78 is 10.9. The van der Waals surface area contributed by atoms with Crippen molar-refractivity contribution in [2.45, 2.75) is 12.5 Å². The van der Waals surface area contributed by atoms with E-state index in [0.29, 0.717) is 13.2 Å². The van der Waals surface area contributed by atoms with Gasteiger partial charge in [-0.15, -0.1) is 0 Å². The van der Waals surface area contributed by atoms with Crippen LogP contribution in [0.2, 0.25) is 0 Å². The van der Waals surface area contributed by atoms with Gasteiger partial charge in [-0.25, -0.2) is 0 Å². The Morgan fingerprint density at radius 1 is 1.19 bits per heavy atom. The van der Waals surface area contributed by atoms with Crippen LogP contribution in [-0.4, -0.2) is 74.2 Å². The Morgan fingerprint density at radius 2 is 1.81 bits per heavy atom. The van der Waals surface area contributed by atoms with Crippen LogP contribution in [-0.2, 0) is 9.47 Å². The van der Waals surface area contributed by atoms with E-state index in [1.165, 1.54) is 0 Å². The zero-order valence-electron chi connectivity index (χ0n) is 10.1. The van der Waals surface area contributed by atoms with Crippen molar-refractivity contribution in [3.8, 4) is 0 Å². The first-order chi connectivity index (χ1) is 7.88. The van der Waals surface area contributed by atoms with Gasteiger partial charge in [0.05, 0.1) is 33.0 Å². The summed E-state index contributed by atoms with van der Waals surface area (Å²) in [5.74, 6) is 1.09. The minimum atomic E-state index is 0.223. The maximum Gasteiger partial charge on any atom is 0.0701 e. The molecule has 1 saturated heterocycles. The van der Waals surface area contributed by atoms with E-state index in [4.69, 9.17) is 9.47 Å². The van der Waals surface area contributed by atoms with E-state index in [1.54, 1.807) is 0 Å². The topological polar surface area (TPSA) is 41.9 Å². The second kappa shape index (κ2) is 9.24. The molecule has 0 aromatic rings. The molecule has 1 aliphatic rings. The van der Waals surface area contributed by atoms with Gasteiger partial charge in [-0.1, -0.05) is 0 Å². The highest BCUT2D eigenvalue weighted by atomic mass is 32.2. The molecule has 0 saturated carbocycles. The molecule has 0 spiro atoms. The third-order valence-electron chi connectivity index (χ3n) is 2.80. The summed E-state index contributed by atoms with van der Waals surface area (Å²) in [5.41, 5.74) is 0. The fraction of sp³-hybridized carbons (Fsp3) is 1.00. The van der Waals surface area contributed by atoms with E-state index in [0.717, 1.165) is 38.5 Å². The minimum Gasteiger partial charge on any atom is -0.395 e. The van der Waals surface area contributed by atoms with Crippen LogP contribution >= 0.6 is 11.8 Å². The first kappa shape index (κ1) is 14.3. The third kappa shape index (κ3) is 5.50. The number of thioether (sulfide) groups is 1. The lowest BCUT2D eigenvalue weighted by Crippen LogP contribution is -2.42. The fourth-order valence-corrected chi connectivity index (χ4v) is 2.31. The highest BCUT2D eigenvalue weighted by molar-refractivity contribution is 7.98. The van der Waals surface area contributed by atoms with Crippen LogP contribution in [0.5, 0.6) is 0 Å². The highest BCUT2D eigenvalue weighted by Gasteiger charge is 2.17. The van der Waals surface area contributed by atoms with Gasteiger partial charge < -0.3 is 14.6 Å². The minimum absolute atomic E-state index is 0.223. The lowest BCUT2D eigenvalue weighted by molar-refractivity contribution is 0.0629. The molecule has 1 atom stereocenters. The third-order valence-corrected chi connectivity index (χ3v) is 3.44. The van der Waals surface area contributed by atoms with Gasteiger partial charge in [0.25, 0.3) is 0 Å². The number of hydrogen-bond donors (Lipinski definition) is 1. The van der Waals surface area contributed by atoms with Gasteiger partial charge in [-0.2, -0.15) is 11.8 Å². The van der Waals surface area contributed by atoms with E-state index in [1.807, 2.05) is 11.8 Å². The maximum atomic E-state index is 9.40. The quantitative estimate of drug-likeness (QED) is 0.766. The Morgan fingerprint density at radius 3 is 2.31 bits per heavy atom. The van der Waals surface area contributed by atoms with Gasteiger partial charge in [-0.3, -0.25) is 4.90 Å². The molecule has 96 valence electrons. The van der Waals surface area contributed by atoms with E-state index in [-0.39, 0.29) is 12.6 Å². The van der Waals surface area contributed by atoms with Gasteiger partial charge in [-0.05, 0) is 18.4 Å². The van der Waals surface area contributed by atoms with Crippen molar-refractivity contribution in [3.05, 3.63) is 0 Å². The van der Waals surface area contributed by atoms with Crippen molar-refractivity contribution >= 4 is 11.8 Å². The van der Waals surface area contributed by atoms with E-state index >= 15 is 0 Å². The van der Waals surface area contributed by atoms with Gasteiger partial charge in [0.15, 0.2) is 0 Å². The van der Waals surface area contributed by atoms with Crippen LogP contribution in [0.3, 0.4) is 0 Å². The Bertz CT molecular complexity index is 161. The molecule has 1 fully saturated rings. The Labute approximate surface area is 102 Å². The summed E-state index contributed by atoms with van der Waals surface area (Å²) in [5, 5.41) is 9.40. The SMILES string of the molecule is CSCC[C@@H](CO)N1CCOCCOCC1. The molecule has 1 aliphatic heterocycles. The number of hydrogen-bond acceptors (Lipinski definition) is 5. The molecule has 0 radical (unpaired) electrons. The normalized spacial score (nSPS) is 22.1. The molecule has 0 amide bonds.